The van der Waals surface area contributed by atoms with Crippen molar-refractivity contribution in [2.45, 2.75) is 20.4 Å². The molecular weight excluding hydrogens is 282 g/mol. The molecular formula is C16H17N3OS. The standard InChI is InChI=1S/C16H17N3OS/c1-9-5-12(21-10(9)2)7-19-16(20)14-8-18-15-6-11(17)3-4-13(14)15/h3-6,8,18H,7,17H2,1-2H3,(H,19,20). The van der Waals surface area contributed by atoms with Crippen LogP contribution in [0.15, 0.2) is 30.5 Å². The monoisotopic (exact) mass is 299 g/mol. The van der Waals surface area contributed by atoms with E-state index in [1.54, 1.807) is 23.6 Å². The number of nitrogens with one attached hydrogen (secondary N) is 2. The van der Waals surface area contributed by atoms with Gasteiger partial charge in [0, 0.05) is 32.5 Å². The zero-order chi connectivity index (χ0) is 15.0. The van der Waals surface area contributed by atoms with Crippen molar-refractivity contribution in [2.75, 3.05) is 5.73 Å². The topological polar surface area (TPSA) is 70.9 Å². The van der Waals surface area contributed by atoms with Gasteiger partial charge in [-0.25, -0.2) is 0 Å². The molecule has 21 heavy (non-hydrogen) atoms. The Morgan fingerprint density at radius 2 is 2.14 bits per heavy atom. The number of anilines is 1. The first-order chi connectivity index (χ1) is 10.0. The molecule has 108 valence electrons. The van der Waals surface area contributed by atoms with Crippen molar-refractivity contribution in [1.29, 1.82) is 0 Å². The molecule has 3 rings (SSSR count). The minimum atomic E-state index is -0.0743. The highest BCUT2D eigenvalue weighted by Gasteiger charge is 2.12. The van der Waals surface area contributed by atoms with Gasteiger partial charge in [0.25, 0.3) is 5.91 Å². The Morgan fingerprint density at radius 3 is 2.86 bits per heavy atom. The van der Waals surface area contributed by atoms with Crippen LogP contribution in [0.5, 0.6) is 0 Å². The second-order valence-electron chi connectivity index (χ2n) is 5.14. The highest BCUT2D eigenvalue weighted by Crippen LogP contribution is 2.22. The molecule has 0 saturated carbocycles. The van der Waals surface area contributed by atoms with Crippen LogP contribution in [0.4, 0.5) is 5.69 Å². The van der Waals surface area contributed by atoms with E-state index in [1.165, 1.54) is 15.3 Å². The Morgan fingerprint density at radius 1 is 1.33 bits per heavy atom. The number of nitrogen functional groups attached to an aromatic ring is 1. The largest absolute Gasteiger partial charge is 0.399 e. The van der Waals surface area contributed by atoms with Gasteiger partial charge in [0.15, 0.2) is 0 Å². The van der Waals surface area contributed by atoms with Crippen molar-refractivity contribution in [3.8, 4) is 0 Å². The number of H-pyrrole nitrogens is 1. The lowest BCUT2D eigenvalue weighted by Crippen LogP contribution is -2.21. The minimum Gasteiger partial charge on any atom is -0.399 e. The Hall–Kier alpha value is -2.27. The minimum absolute atomic E-state index is 0.0743. The molecule has 4 N–H and O–H groups in total. The van der Waals surface area contributed by atoms with Gasteiger partial charge in [-0.1, -0.05) is 0 Å². The number of hydrogen-bond donors (Lipinski definition) is 3. The maximum absolute atomic E-state index is 12.3. The van der Waals surface area contributed by atoms with E-state index < -0.39 is 0 Å². The Kier molecular flexibility index (Phi) is 3.43. The van der Waals surface area contributed by atoms with Crippen LogP contribution < -0.4 is 11.1 Å². The maximum atomic E-state index is 12.3. The lowest BCUT2D eigenvalue weighted by Gasteiger charge is -2.02. The second kappa shape index (κ2) is 5.26. The third kappa shape index (κ3) is 2.64. The fourth-order valence-corrected chi connectivity index (χ4v) is 3.32. The van der Waals surface area contributed by atoms with Gasteiger partial charge in [0.1, 0.15) is 0 Å². The van der Waals surface area contributed by atoms with E-state index in [4.69, 9.17) is 5.73 Å². The first-order valence-electron chi connectivity index (χ1n) is 6.75. The number of carbonyl (C=O) groups excluding carboxylic acids is 1. The van der Waals surface area contributed by atoms with E-state index in [1.807, 2.05) is 12.1 Å². The molecule has 0 aliphatic heterocycles. The summed E-state index contributed by atoms with van der Waals surface area (Å²) in [6, 6.07) is 7.63. The first kappa shape index (κ1) is 13.7. The molecule has 0 saturated heterocycles. The van der Waals surface area contributed by atoms with Gasteiger partial charge in [-0.3, -0.25) is 4.79 Å². The molecule has 0 bridgehead atoms. The number of fused-ring (bicyclic) bond motifs is 1. The van der Waals surface area contributed by atoms with E-state index in [9.17, 15) is 4.79 Å². The summed E-state index contributed by atoms with van der Waals surface area (Å²) in [5.74, 6) is -0.0743. The van der Waals surface area contributed by atoms with Gasteiger partial charge in [0.05, 0.1) is 12.1 Å². The van der Waals surface area contributed by atoms with E-state index >= 15 is 0 Å². The van der Waals surface area contributed by atoms with Crippen LogP contribution in [0.3, 0.4) is 0 Å². The normalized spacial score (nSPS) is 11.0. The molecule has 1 aromatic carbocycles. The van der Waals surface area contributed by atoms with Crippen LogP contribution in [-0.2, 0) is 6.54 Å². The Labute approximate surface area is 127 Å². The molecule has 2 aromatic heterocycles. The van der Waals surface area contributed by atoms with E-state index in [2.05, 4.69) is 30.2 Å². The molecule has 0 fully saturated rings. The molecule has 0 spiro atoms. The number of nitrogens with two attached hydrogens (primary N) is 1. The molecule has 5 heteroatoms. The summed E-state index contributed by atoms with van der Waals surface area (Å²) in [6.45, 7) is 4.73. The fraction of sp³-hybridized carbons (Fsp3) is 0.188. The number of benzene rings is 1. The summed E-state index contributed by atoms with van der Waals surface area (Å²) < 4.78 is 0. The number of aromatic nitrogens is 1. The van der Waals surface area contributed by atoms with Gasteiger partial charge in [0.2, 0.25) is 0 Å². The number of hydrogen-bond acceptors (Lipinski definition) is 3. The molecule has 2 heterocycles. The molecule has 1 amide bonds. The second-order valence-corrected chi connectivity index (χ2v) is 6.48. The van der Waals surface area contributed by atoms with Crippen molar-refractivity contribution in [3.63, 3.8) is 0 Å². The zero-order valence-corrected chi connectivity index (χ0v) is 12.8. The fourth-order valence-electron chi connectivity index (χ4n) is 2.33. The SMILES string of the molecule is Cc1cc(CNC(=O)c2c[nH]c3cc(N)ccc23)sc1C. The number of aromatic amines is 1. The number of thiophene rings is 1. The summed E-state index contributed by atoms with van der Waals surface area (Å²) in [7, 11) is 0. The quantitative estimate of drug-likeness (QED) is 0.649. The van der Waals surface area contributed by atoms with Crippen molar-refractivity contribution in [3.05, 3.63) is 51.3 Å². The van der Waals surface area contributed by atoms with E-state index in [0.717, 1.165) is 10.9 Å². The van der Waals surface area contributed by atoms with Gasteiger partial charge >= 0.3 is 0 Å². The summed E-state index contributed by atoms with van der Waals surface area (Å²) >= 11 is 1.72. The summed E-state index contributed by atoms with van der Waals surface area (Å²) in [6.07, 6.45) is 1.73. The number of rotatable bonds is 3. The highest BCUT2D eigenvalue weighted by molar-refractivity contribution is 7.12. The van der Waals surface area contributed by atoms with Crippen LogP contribution in [0.1, 0.15) is 25.7 Å². The van der Waals surface area contributed by atoms with Crippen molar-refractivity contribution >= 4 is 33.8 Å². The van der Waals surface area contributed by atoms with Gasteiger partial charge < -0.3 is 16.0 Å². The summed E-state index contributed by atoms with van der Waals surface area (Å²) in [4.78, 5) is 17.9. The zero-order valence-electron chi connectivity index (χ0n) is 12.0. The van der Waals surface area contributed by atoms with Crippen LogP contribution in [-0.4, -0.2) is 10.9 Å². The molecule has 0 atom stereocenters. The predicted octanol–water partition coefficient (Wildman–Crippen LogP) is 3.36. The predicted molar refractivity (Wildman–Crippen MR) is 87.7 cm³/mol. The van der Waals surface area contributed by atoms with Gasteiger partial charge in [-0.2, -0.15) is 0 Å². The molecule has 3 aromatic rings. The lowest BCUT2D eigenvalue weighted by molar-refractivity contribution is 0.0953. The number of aryl methyl sites for hydroxylation is 2. The molecule has 0 aliphatic carbocycles. The van der Waals surface area contributed by atoms with Crippen molar-refractivity contribution in [1.82, 2.24) is 10.3 Å². The molecule has 0 radical (unpaired) electrons. The number of carbonyl (C=O) groups is 1. The van der Waals surface area contributed by atoms with Gasteiger partial charge in [-0.05, 0) is 43.7 Å². The van der Waals surface area contributed by atoms with Gasteiger partial charge in [-0.15, -0.1) is 11.3 Å². The van der Waals surface area contributed by atoms with Crippen LogP contribution in [0, 0.1) is 13.8 Å². The third-order valence-electron chi connectivity index (χ3n) is 3.59. The summed E-state index contributed by atoms with van der Waals surface area (Å²) in [5.41, 5.74) is 9.22. The highest BCUT2D eigenvalue weighted by atomic mass is 32.1. The third-order valence-corrected chi connectivity index (χ3v) is 4.74. The Bertz CT molecular complexity index is 797. The van der Waals surface area contributed by atoms with E-state index in [-0.39, 0.29) is 5.91 Å². The van der Waals surface area contributed by atoms with Crippen molar-refractivity contribution in [2.24, 2.45) is 0 Å². The maximum Gasteiger partial charge on any atom is 0.253 e. The number of amides is 1. The van der Waals surface area contributed by atoms with Crippen LogP contribution in [0.25, 0.3) is 10.9 Å². The van der Waals surface area contributed by atoms with Crippen molar-refractivity contribution < 1.29 is 4.79 Å². The lowest BCUT2D eigenvalue weighted by atomic mass is 10.1. The first-order valence-corrected chi connectivity index (χ1v) is 7.57. The van der Waals surface area contributed by atoms with Crippen LogP contribution in [0.2, 0.25) is 0 Å². The molecule has 4 nitrogen and oxygen atoms in total. The molecule has 0 aliphatic rings. The van der Waals surface area contributed by atoms with Crippen LogP contribution >= 0.6 is 11.3 Å². The smallest absolute Gasteiger partial charge is 0.253 e. The average molecular weight is 299 g/mol. The average Bonchev–Trinajstić information content (AvgIpc) is 3.00. The Balaban J connectivity index is 1.78. The van der Waals surface area contributed by atoms with E-state index in [0.29, 0.717) is 17.8 Å². The molecule has 0 unspecified atom stereocenters. The summed E-state index contributed by atoms with van der Waals surface area (Å²) in [5, 5.41) is 3.86.